The van der Waals surface area contributed by atoms with Crippen molar-refractivity contribution in [2.45, 2.75) is 32.8 Å². The van der Waals surface area contributed by atoms with Crippen molar-refractivity contribution in [3.05, 3.63) is 41.5 Å². The molecule has 5 heteroatoms. The summed E-state index contributed by atoms with van der Waals surface area (Å²) in [7, 11) is 1.37. The van der Waals surface area contributed by atoms with Crippen molar-refractivity contribution < 1.29 is 19.1 Å². The summed E-state index contributed by atoms with van der Waals surface area (Å²) in [6.07, 6.45) is 2.43. The van der Waals surface area contributed by atoms with Crippen LogP contribution in [0.1, 0.15) is 43.1 Å². The normalized spacial score (nSPS) is 15.0. The number of nitrogens with zero attached hydrogens (tertiary/aromatic N) is 1. The minimum Gasteiger partial charge on any atom is -0.465 e. The predicted molar refractivity (Wildman–Crippen MR) is 88.2 cm³/mol. The molecule has 1 aromatic carbocycles. The Hall–Kier alpha value is -2.30. The summed E-state index contributed by atoms with van der Waals surface area (Å²) in [5.41, 5.74) is 2.14. The number of amides is 1. The van der Waals surface area contributed by atoms with Gasteiger partial charge >= 0.3 is 12.1 Å². The summed E-state index contributed by atoms with van der Waals surface area (Å²) >= 11 is 0. The van der Waals surface area contributed by atoms with E-state index >= 15 is 0 Å². The van der Waals surface area contributed by atoms with E-state index in [-0.39, 0.29) is 12.1 Å². The molecule has 0 N–H and O–H groups in total. The number of benzene rings is 1. The van der Waals surface area contributed by atoms with Crippen LogP contribution in [0.25, 0.3) is 5.57 Å². The number of esters is 1. The van der Waals surface area contributed by atoms with Gasteiger partial charge in [0.25, 0.3) is 0 Å². The third kappa shape index (κ3) is 4.58. The molecule has 124 valence electrons. The van der Waals surface area contributed by atoms with Gasteiger partial charge < -0.3 is 14.4 Å². The molecule has 0 saturated heterocycles. The second-order valence-electron chi connectivity index (χ2n) is 6.48. The van der Waals surface area contributed by atoms with Crippen LogP contribution in [-0.4, -0.2) is 42.8 Å². The minimum atomic E-state index is -0.490. The van der Waals surface area contributed by atoms with Crippen LogP contribution in [0.5, 0.6) is 0 Å². The van der Waals surface area contributed by atoms with Crippen molar-refractivity contribution in [3.63, 3.8) is 0 Å². The molecule has 1 aliphatic heterocycles. The number of ether oxygens (including phenoxy) is 2. The van der Waals surface area contributed by atoms with Crippen molar-refractivity contribution in [1.82, 2.24) is 4.90 Å². The van der Waals surface area contributed by atoms with Gasteiger partial charge in [-0.1, -0.05) is 18.2 Å². The van der Waals surface area contributed by atoms with E-state index in [9.17, 15) is 9.59 Å². The molecular formula is C18H23NO4. The van der Waals surface area contributed by atoms with Gasteiger partial charge in [0, 0.05) is 13.1 Å². The molecule has 0 saturated carbocycles. The van der Waals surface area contributed by atoms with Crippen LogP contribution in [0.3, 0.4) is 0 Å². The summed E-state index contributed by atoms with van der Waals surface area (Å²) in [4.78, 5) is 25.3. The zero-order valence-corrected chi connectivity index (χ0v) is 14.1. The quantitative estimate of drug-likeness (QED) is 0.783. The second kappa shape index (κ2) is 6.86. The zero-order chi connectivity index (χ0) is 17.0. The van der Waals surface area contributed by atoms with Crippen molar-refractivity contribution in [3.8, 4) is 0 Å². The number of hydrogen-bond acceptors (Lipinski definition) is 4. The third-order valence-electron chi connectivity index (χ3n) is 3.52. The summed E-state index contributed by atoms with van der Waals surface area (Å²) in [5.74, 6) is -0.348. The zero-order valence-electron chi connectivity index (χ0n) is 14.1. The molecule has 0 bridgehead atoms. The van der Waals surface area contributed by atoms with Crippen LogP contribution in [-0.2, 0) is 9.47 Å². The van der Waals surface area contributed by atoms with Crippen LogP contribution in [0.2, 0.25) is 0 Å². The molecule has 0 fully saturated rings. The summed E-state index contributed by atoms with van der Waals surface area (Å²) in [6, 6.07) is 7.34. The minimum absolute atomic E-state index is 0.295. The van der Waals surface area contributed by atoms with Gasteiger partial charge in [0.2, 0.25) is 0 Å². The predicted octanol–water partition coefficient (Wildman–Crippen LogP) is 3.50. The Balaban J connectivity index is 2.07. The average Bonchev–Trinajstić information content (AvgIpc) is 2.53. The molecule has 1 aliphatic rings. The molecule has 0 atom stereocenters. The first kappa shape index (κ1) is 17.1. The van der Waals surface area contributed by atoms with E-state index in [0.717, 1.165) is 17.6 Å². The van der Waals surface area contributed by atoms with Gasteiger partial charge in [-0.05, 0) is 50.5 Å². The highest BCUT2D eigenvalue weighted by molar-refractivity contribution is 5.90. The largest absolute Gasteiger partial charge is 0.465 e. The topological polar surface area (TPSA) is 55.8 Å². The molecule has 5 nitrogen and oxygen atoms in total. The lowest BCUT2D eigenvalue weighted by Gasteiger charge is -2.29. The summed E-state index contributed by atoms with van der Waals surface area (Å²) in [6.45, 7) is 6.67. The van der Waals surface area contributed by atoms with E-state index in [4.69, 9.17) is 9.47 Å². The fourth-order valence-electron chi connectivity index (χ4n) is 2.39. The number of carbonyl (C=O) groups is 2. The Bertz CT molecular complexity index is 628. The third-order valence-corrected chi connectivity index (χ3v) is 3.52. The first-order valence-electron chi connectivity index (χ1n) is 7.66. The Morgan fingerprint density at radius 1 is 1.22 bits per heavy atom. The molecule has 1 aromatic rings. The van der Waals surface area contributed by atoms with E-state index in [1.165, 1.54) is 7.11 Å². The monoisotopic (exact) mass is 317 g/mol. The van der Waals surface area contributed by atoms with Crippen LogP contribution in [0.4, 0.5) is 4.79 Å². The standard InChI is InChI=1S/C18H23NO4/c1-18(2,3)23-17(21)19-10-8-13(9-11-19)14-6-5-7-15(12-14)16(20)22-4/h5-8,12H,9-11H2,1-4H3. The average molecular weight is 317 g/mol. The van der Waals surface area contributed by atoms with Gasteiger partial charge in [-0.15, -0.1) is 0 Å². The summed E-state index contributed by atoms with van der Waals surface area (Å²) in [5, 5.41) is 0. The maximum absolute atomic E-state index is 12.1. The first-order valence-corrected chi connectivity index (χ1v) is 7.66. The van der Waals surface area contributed by atoms with Gasteiger partial charge in [-0.3, -0.25) is 0 Å². The molecule has 23 heavy (non-hydrogen) atoms. The van der Waals surface area contributed by atoms with Gasteiger partial charge in [-0.2, -0.15) is 0 Å². The molecule has 0 unspecified atom stereocenters. The van der Waals surface area contributed by atoms with Gasteiger partial charge in [-0.25, -0.2) is 9.59 Å². The fourth-order valence-corrected chi connectivity index (χ4v) is 2.39. The second-order valence-corrected chi connectivity index (χ2v) is 6.48. The lowest BCUT2D eigenvalue weighted by molar-refractivity contribution is 0.0270. The van der Waals surface area contributed by atoms with E-state index in [0.29, 0.717) is 18.7 Å². The maximum atomic E-state index is 12.1. The van der Waals surface area contributed by atoms with E-state index in [1.54, 1.807) is 11.0 Å². The highest BCUT2D eigenvalue weighted by atomic mass is 16.6. The molecule has 0 aromatic heterocycles. The van der Waals surface area contributed by atoms with Crippen molar-refractivity contribution in [2.24, 2.45) is 0 Å². The van der Waals surface area contributed by atoms with Gasteiger partial charge in [0.1, 0.15) is 5.60 Å². The Morgan fingerprint density at radius 3 is 2.52 bits per heavy atom. The molecular weight excluding hydrogens is 294 g/mol. The first-order chi connectivity index (χ1) is 10.8. The van der Waals surface area contributed by atoms with Crippen LogP contribution >= 0.6 is 0 Å². The number of hydrogen-bond donors (Lipinski definition) is 0. The van der Waals surface area contributed by atoms with Crippen molar-refractivity contribution in [1.29, 1.82) is 0 Å². The Morgan fingerprint density at radius 2 is 1.96 bits per heavy atom. The Labute approximate surface area is 136 Å². The number of carbonyl (C=O) groups excluding carboxylic acids is 2. The van der Waals surface area contributed by atoms with Crippen molar-refractivity contribution >= 4 is 17.6 Å². The van der Waals surface area contributed by atoms with E-state index < -0.39 is 5.60 Å². The maximum Gasteiger partial charge on any atom is 0.410 e. The van der Waals surface area contributed by atoms with Gasteiger partial charge in [0.05, 0.1) is 12.7 Å². The van der Waals surface area contributed by atoms with Crippen LogP contribution in [0, 0.1) is 0 Å². The molecule has 0 aliphatic carbocycles. The lowest BCUT2D eigenvalue weighted by Crippen LogP contribution is -2.39. The molecule has 0 spiro atoms. The number of methoxy groups -OCH3 is 1. The van der Waals surface area contributed by atoms with Crippen LogP contribution in [0.15, 0.2) is 30.3 Å². The highest BCUT2D eigenvalue weighted by Gasteiger charge is 2.24. The van der Waals surface area contributed by atoms with Gasteiger partial charge in [0.15, 0.2) is 0 Å². The summed E-state index contributed by atoms with van der Waals surface area (Å²) < 4.78 is 10.1. The molecule has 1 amide bonds. The Kier molecular flexibility index (Phi) is 5.08. The SMILES string of the molecule is COC(=O)c1cccc(C2=CCN(C(=O)OC(C)(C)C)CC2)c1. The van der Waals surface area contributed by atoms with Crippen molar-refractivity contribution in [2.75, 3.05) is 20.2 Å². The number of rotatable bonds is 2. The highest BCUT2D eigenvalue weighted by Crippen LogP contribution is 2.24. The molecule has 2 rings (SSSR count). The fraction of sp³-hybridized carbons (Fsp3) is 0.444. The molecule has 1 heterocycles. The lowest BCUT2D eigenvalue weighted by atomic mass is 9.98. The van der Waals surface area contributed by atoms with Crippen LogP contribution < -0.4 is 0 Å². The van der Waals surface area contributed by atoms with E-state index in [1.807, 2.05) is 45.0 Å². The van der Waals surface area contributed by atoms with E-state index in [2.05, 4.69) is 0 Å². The smallest absolute Gasteiger partial charge is 0.410 e. The molecule has 0 radical (unpaired) electrons.